The van der Waals surface area contributed by atoms with Crippen LogP contribution < -0.4 is 4.74 Å². The maximum atomic E-state index is 10.7. The fraction of sp³-hybridized carbons (Fsp3) is 0.111. The first kappa shape index (κ1) is 10.7. The molecule has 14 heavy (non-hydrogen) atoms. The van der Waals surface area contributed by atoms with E-state index < -0.39 is 11.9 Å². The summed E-state index contributed by atoms with van der Waals surface area (Å²) in [5.41, 5.74) is 0.0590. The number of carboxylic acids is 1. The van der Waals surface area contributed by atoms with Gasteiger partial charge in [0.05, 0.1) is 10.0 Å². The molecule has 0 aliphatic rings. The van der Waals surface area contributed by atoms with Crippen molar-refractivity contribution in [3.05, 3.63) is 28.2 Å². The zero-order valence-corrected chi connectivity index (χ0v) is 8.87. The number of halogens is 1. The lowest BCUT2D eigenvalue weighted by Gasteiger charge is -2.05. The average molecular weight is 259 g/mol. The molecule has 74 valence electrons. The summed E-state index contributed by atoms with van der Waals surface area (Å²) >= 11 is 3.05. The molecule has 5 heteroatoms. The molecule has 1 aromatic rings. The van der Waals surface area contributed by atoms with Gasteiger partial charge in [-0.3, -0.25) is 4.79 Å². The number of rotatable bonds is 2. The fourth-order valence-corrected chi connectivity index (χ4v) is 1.42. The molecule has 0 aliphatic heterocycles. The highest BCUT2D eigenvalue weighted by atomic mass is 79.9. The lowest BCUT2D eigenvalue weighted by atomic mass is 10.2. The number of carbonyl (C=O) groups is 2. The summed E-state index contributed by atoms with van der Waals surface area (Å²) in [4.78, 5) is 21.3. The first-order chi connectivity index (χ1) is 6.52. The molecule has 0 amide bonds. The SMILES string of the molecule is CC(=O)Oc1cccc(C(=O)O)c1Br. The first-order valence-corrected chi connectivity index (χ1v) is 4.52. The third-order valence-electron chi connectivity index (χ3n) is 1.45. The molecule has 0 saturated heterocycles. The van der Waals surface area contributed by atoms with Gasteiger partial charge in [-0.15, -0.1) is 0 Å². The Hall–Kier alpha value is -1.36. The lowest BCUT2D eigenvalue weighted by molar-refractivity contribution is -0.131. The highest BCUT2D eigenvalue weighted by Gasteiger charge is 2.13. The second kappa shape index (κ2) is 4.23. The smallest absolute Gasteiger partial charge is 0.336 e. The van der Waals surface area contributed by atoms with Gasteiger partial charge in [0.1, 0.15) is 5.75 Å². The largest absolute Gasteiger partial charge is 0.478 e. The Balaban J connectivity index is 3.13. The van der Waals surface area contributed by atoms with E-state index in [2.05, 4.69) is 15.9 Å². The van der Waals surface area contributed by atoms with Crippen LogP contribution in [0.15, 0.2) is 22.7 Å². The molecule has 0 aromatic heterocycles. The Bertz CT molecular complexity index is 386. The van der Waals surface area contributed by atoms with Crippen LogP contribution in [0.5, 0.6) is 5.75 Å². The van der Waals surface area contributed by atoms with E-state index in [0.717, 1.165) is 0 Å². The van der Waals surface area contributed by atoms with Gasteiger partial charge in [0.25, 0.3) is 0 Å². The van der Waals surface area contributed by atoms with Gasteiger partial charge in [0.15, 0.2) is 0 Å². The van der Waals surface area contributed by atoms with Crippen LogP contribution in [0, 0.1) is 0 Å². The Labute approximate surface area is 88.6 Å². The number of carbonyl (C=O) groups excluding carboxylic acids is 1. The van der Waals surface area contributed by atoms with Crippen LogP contribution in [-0.4, -0.2) is 17.0 Å². The van der Waals surface area contributed by atoms with Crippen molar-refractivity contribution in [1.29, 1.82) is 0 Å². The molecular formula is C9H7BrO4. The molecule has 4 nitrogen and oxygen atoms in total. The summed E-state index contributed by atoms with van der Waals surface area (Å²) in [6.45, 7) is 1.25. The maximum absolute atomic E-state index is 10.7. The van der Waals surface area contributed by atoms with Gasteiger partial charge in [-0.2, -0.15) is 0 Å². The zero-order valence-electron chi connectivity index (χ0n) is 7.28. The summed E-state index contributed by atoms with van der Waals surface area (Å²) in [5, 5.41) is 8.75. The molecule has 1 N–H and O–H groups in total. The normalized spacial score (nSPS) is 9.57. The molecule has 0 spiro atoms. The van der Waals surface area contributed by atoms with E-state index in [4.69, 9.17) is 9.84 Å². The van der Waals surface area contributed by atoms with E-state index in [1.54, 1.807) is 0 Å². The van der Waals surface area contributed by atoms with Gasteiger partial charge in [-0.1, -0.05) is 6.07 Å². The van der Waals surface area contributed by atoms with Crippen molar-refractivity contribution in [3.63, 3.8) is 0 Å². The minimum absolute atomic E-state index is 0.0590. The Morgan fingerprint density at radius 2 is 2.07 bits per heavy atom. The molecule has 0 heterocycles. The van der Waals surface area contributed by atoms with Crippen LogP contribution in [0.3, 0.4) is 0 Å². The summed E-state index contributed by atoms with van der Waals surface area (Å²) in [6.07, 6.45) is 0. The molecule has 0 unspecified atom stereocenters. The number of carboxylic acid groups (broad SMARTS) is 1. The van der Waals surface area contributed by atoms with E-state index in [0.29, 0.717) is 0 Å². The van der Waals surface area contributed by atoms with Crippen molar-refractivity contribution in [2.45, 2.75) is 6.92 Å². The van der Waals surface area contributed by atoms with Crippen LogP contribution in [-0.2, 0) is 4.79 Å². The van der Waals surface area contributed by atoms with E-state index in [9.17, 15) is 9.59 Å². The number of esters is 1. The van der Waals surface area contributed by atoms with E-state index >= 15 is 0 Å². The highest BCUT2D eigenvalue weighted by Crippen LogP contribution is 2.28. The molecule has 1 aromatic carbocycles. The number of hydrogen-bond acceptors (Lipinski definition) is 3. The predicted molar refractivity (Wildman–Crippen MR) is 52.4 cm³/mol. The summed E-state index contributed by atoms with van der Waals surface area (Å²) in [6, 6.07) is 4.43. The summed E-state index contributed by atoms with van der Waals surface area (Å²) in [5.74, 6) is -1.36. The van der Waals surface area contributed by atoms with Crippen LogP contribution in [0.4, 0.5) is 0 Å². The molecule has 1 rings (SSSR count). The molecule has 0 aliphatic carbocycles. The fourth-order valence-electron chi connectivity index (χ4n) is 0.910. The second-order valence-electron chi connectivity index (χ2n) is 2.52. The first-order valence-electron chi connectivity index (χ1n) is 3.72. The van der Waals surface area contributed by atoms with E-state index in [-0.39, 0.29) is 15.8 Å². The second-order valence-corrected chi connectivity index (χ2v) is 3.31. The van der Waals surface area contributed by atoms with E-state index in [1.807, 2.05) is 0 Å². The van der Waals surface area contributed by atoms with Gasteiger partial charge < -0.3 is 9.84 Å². The number of aromatic carboxylic acids is 1. The average Bonchev–Trinajstić information content (AvgIpc) is 2.07. The van der Waals surface area contributed by atoms with Gasteiger partial charge in [-0.05, 0) is 28.1 Å². The minimum atomic E-state index is -1.08. The molecule has 0 bridgehead atoms. The van der Waals surface area contributed by atoms with Crippen molar-refractivity contribution < 1.29 is 19.4 Å². The third kappa shape index (κ3) is 2.32. The monoisotopic (exact) mass is 258 g/mol. The van der Waals surface area contributed by atoms with Crippen molar-refractivity contribution >= 4 is 27.9 Å². The Kier molecular flexibility index (Phi) is 3.24. The standard InChI is InChI=1S/C9H7BrO4/c1-5(11)14-7-4-2-3-6(8(7)10)9(12)13/h2-4H,1H3,(H,12,13). The molecule has 0 saturated carbocycles. The van der Waals surface area contributed by atoms with Gasteiger partial charge in [0, 0.05) is 6.92 Å². The molecule has 0 radical (unpaired) electrons. The van der Waals surface area contributed by atoms with E-state index in [1.165, 1.54) is 25.1 Å². The topological polar surface area (TPSA) is 63.6 Å². The number of benzene rings is 1. The van der Waals surface area contributed by atoms with Crippen molar-refractivity contribution in [2.75, 3.05) is 0 Å². The third-order valence-corrected chi connectivity index (χ3v) is 2.27. The highest BCUT2D eigenvalue weighted by molar-refractivity contribution is 9.10. The van der Waals surface area contributed by atoms with Crippen molar-refractivity contribution in [2.24, 2.45) is 0 Å². The van der Waals surface area contributed by atoms with Crippen molar-refractivity contribution in [1.82, 2.24) is 0 Å². The maximum Gasteiger partial charge on any atom is 0.336 e. The minimum Gasteiger partial charge on any atom is -0.478 e. The molecule has 0 fully saturated rings. The van der Waals surface area contributed by atoms with Crippen LogP contribution in [0.1, 0.15) is 17.3 Å². The van der Waals surface area contributed by atoms with Gasteiger partial charge in [-0.25, -0.2) is 4.79 Å². The summed E-state index contributed by atoms with van der Waals surface area (Å²) < 4.78 is 5.05. The Morgan fingerprint density at radius 1 is 1.43 bits per heavy atom. The molecular weight excluding hydrogens is 252 g/mol. The van der Waals surface area contributed by atoms with Crippen LogP contribution in [0.2, 0.25) is 0 Å². The number of hydrogen-bond donors (Lipinski definition) is 1. The van der Waals surface area contributed by atoms with Crippen molar-refractivity contribution in [3.8, 4) is 5.75 Å². The Morgan fingerprint density at radius 3 is 2.57 bits per heavy atom. The quantitative estimate of drug-likeness (QED) is 0.652. The van der Waals surface area contributed by atoms with Gasteiger partial charge in [0.2, 0.25) is 0 Å². The predicted octanol–water partition coefficient (Wildman–Crippen LogP) is 2.07. The number of ether oxygens (including phenoxy) is 1. The molecule has 0 atom stereocenters. The van der Waals surface area contributed by atoms with Gasteiger partial charge >= 0.3 is 11.9 Å². The van der Waals surface area contributed by atoms with Crippen LogP contribution >= 0.6 is 15.9 Å². The van der Waals surface area contributed by atoms with Crippen LogP contribution in [0.25, 0.3) is 0 Å². The lowest BCUT2D eigenvalue weighted by Crippen LogP contribution is -2.04. The zero-order chi connectivity index (χ0) is 10.7. The summed E-state index contributed by atoms with van der Waals surface area (Å²) in [7, 11) is 0.